The first-order valence-corrected chi connectivity index (χ1v) is 10.3. The molecule has 0 aliphatic heterocycles. The molecule has 0 heterocycles. The Hall–Kier alpha value is -1.42. The summed E-state index contributed by atoms with van der Waals surface area (Å²) in [5.74, 6) is 0.373. The molecule has 2 rings (SSSR count). The predicted molar refractivity (Wildman–Crippen MR) is 83.2 cm³/mol. The van der Waals surface area contributed by atoms with E-state index < -0.39 is 8.24 Å². The van der Waals surface area contributed by atoms with Gasteiger partial charge in [-0.1, -0.05) is 18.2 Å². The van der Waals surface area contributed by atoms with Crippen molar-refractivity contribution in [3.8, 4) is 0 Å². The second-order valence-corrected chi connectivity index (χ2v) is 10.8. The fourth-order valence-corrected chi connectivity index (χ4v) is 3.59. The first-order chi connectivity index (χ1) is 8.97. The number of para-hydroxylation sites is 1. The van der Waals surface area contributed by atoms with Crippen molar-refractivity contribution in [1.29, 1.82) is 0 Å². The Bertz CT molecular complexity index is 465. The second kappa shape index (κ2) is 5.69. The quantitative estimate of drug-likeness (QED) is 0.620. The van der Waals surface area contributed by atoms with Crippen LogP contribution in [0.1, 0.15) is 25.7 Å². The lowest BCUT2D eigenvalue weighted by molar-refractivity contribution is -0.119. The van der Waals surface area contributed by atoms with E-state index in [9.17, 15) is 4.79 Å². The fourth-order valence-electron chi connectivity index (χ4n) is 2.22. The fraction of sp³-hybridized carbons (Fsp3) is 0.467. The highest BCUT2D eigenvalue weighted by Gasteiger charge is 2.25. The molecule has 1 aliphatic rings. The summed E-state index contributed by atoms with van der Waals surface area (Å²) < 4.78 is 2.21. The zero-order chi connectivity index (χ0) is 13.9. The molecule has 3 nitrogen and oxygen atoms in total. The van der Waals surface area contributed by atoms with Crippen LogP contribution in [0.25, 0.3) is 0 Å². The van der Waals surface area contributed by atoms with E-state index in [1.54, 1.807) is 0 Å². The number of rotatable bonds is 3. The summed E-state index contributed by atoms with van der Waals surface area (Å²) in [5, 5.41) is 4.87. The summed E-state index contributed by atoms with van der Waals surface area (Å²) in [6.07, 6.45) is 2.97. The van der Waals surface area contributed by atoms with Gasteiger partial charge < -0.3 is 0 Å². The van der Waals surface area contributed by atoms with Gasteiger partial charge in [0.05, 0.1) is 0 Å². The van der Waals surface area contributed by atoms with Crippen molar-refractivity contribution in [2.75, 3.05) is 4.67 Å². The van der Waals surface area contributed by atoms with E-state index in [4.69, 9.17) is 5.10 Å². The van der Waals surface area contributed by atoms with Gasteiger partial charge in [-0.25, -0.2) is 0 Å². The van der Waals surface area contributed by atoms with Crippen LogP contribution in [-0.4, -0.2) is 19.7 Å². The molecule has 0 spiro atoms. The third-order valence-electron chi connectivity index (χ3n) is 3.26. The Balaban J connectivity index is 2.25. The van der Waals surface area contributed by atoms with Crippen LogP contribution < -0.4 is 4.67 Å². The molecule has 0 bridgehead atoms. The SMILES string of the molecule is C[Si](C)(C)N(N=C1CCC(=O)CC1)c1ccccc1. The zero-order valence-electron chi connectivity index (χ0n) is 12.0. The molecule has 1 aliphatic carbocycles. The maximum atomic E-state index is 11.3. The number of carbonyl (C=O) groups excluding carboxylic acids is 1. The van der Waals surface area contributed by atoms with E-state index in [1.165, 1.54) is 5.71 Å². The number of Topliss-reactive ketones (excluding diaryl/α,β-unsaturated/α-hetero) is 1. The molecule has 102 valence electrons. The summed E-state index contributed by atoms with van der Waals surface area (Å²) in [5.41, 5.74) is 2.33. The van der Waals surface area contributed by atoms with Crippen LogP contribution in [0, 0.1) is 0 Å². The average Bonchev–Trinajstić information content (AvgIpc) is 2.37. The average molecular weight is 274 g/mol. The highest BCUT2D eigenvalue weighted by Crippen LogP contribution is 2.23. The van der Waals surface area contributed by atoms with Crippen molar-refractivity contribution in [1.82, 2.24) is 0 Å². The van der Waals surface area contributed by atoms with Gasteiger partial charge in [0.25, 0.3) is 0 Å². The minimum Gasteiger partial charge on any atom is -0.300 e. The Labute approximate surface area is 116 Å². The van der Waals surface area contributed by atoms with Crippen molar-refractivity contribution < 1.29 is 4.79 Å². The Morgan fingerprint density at radius 3 is 2.11 bits per heavy atom. The summed E-state index contributed by atoms with van der Waals surface area (Å²) in [6, 6.07) is 10.3. The highest BCUT2D eigenvalue weighted by molar-refractivity contribution is 6.79. The molecular weight excluding hydrogens is 252 g/mol. The molecule has 0 aromatic heterocycles. The number of hydrogen-bond donors (Lipinski definition) is 0. The van der Waals surface area contributed by atoms with Gasteiger partial charge in [0.2, 0.25) is 0 Å². The number of hydrogen-bond acceptors (Lipinski definition) is 3. The lowest BCUT2D eigenvalue weighted by Gasteiger charge is -2.33. The summed E-state index contributed by atoms with van der Waals surface area (Å²) >= 11 is 0. The van der Waals surface area contributed by atoms with Gasteiger partial charge in [0, 0.05) is 24.2 Å². The van der Waals surface area contributed by atoms with E-state index >= 15 is 0 Å². The number of benzene rings is 1. The van der Waals surface area contributed by atoms with Gasteiger partial charge in [0.1, 0.15) is 5.78 Å². The largest absolute Gasteiger partial charge is 0.300 e. The van der Waals surface area contributed by atoms with Crippen LogP contribution >= 0.6 is 0 Å². The van der Waals surface area contributed by atoms with Crippen LogP contribution in [0.2, 0.25) is 19.6 Å². The summed E-state index contributed by atoms with van der Waals surface area (Å²) in [4.78, 5) is 11.3. The van der Waals surface area contributed by atoms with Crippen LogP contribution in [-0.2, 0) is 4.79 Å². The standard InChI is InChI=1S/C15H22N2OSi/c1-19(2,3)17(14-7-5-4-6-8-14)16-13-9-11-15(18)12-10-13/h4-8H,9-12H2,1-3H3. The predicted octanol–water partition coefficient (Wildman–Crippen LogP) is 3.83. The van der Waals surface area contributed by atoms with E-state index in [0.717, 1.165) is 18.5 Å². The van der Waals surface area contributed by atoms with Crippen LogP contribution in [0.15, 0.2) is 35.4 Å². The number of anilines is 1. The molecule has 1 aromatic rings. The van der Waals surface area contributed by atoms with Crippen LogP contribution in [0.3, 0.4) is 0 Å². The van der Waals surface area contributed by atoms with Crippen molar-refractivity contribution in [2.24, 2.45) is 5.10 Å². The molecule has 19 heavy (non-hydrogen) atoms. The molecule has 0 radical (unpaired) electrons. The first kappa shape index (κ1) is 14.0. The number of nitrogens with zero attached hydrogens (tertiary/aromatic N) is 2. The minimum absolute atomic E-state index is 0.373. The van der Waals surface area contributed by atoms with E-state index in [0.29, 0.717) is 18.6 Å². The van der Waals surface area contributed by atoms with E-state index in [1.807, 2.05) is 18.2 Å². The van der Waals surface area contributed by atoms with Crippen molar-refractivity contribution >= 4 is 25.4 Å². The molecule has 1 saturated carbocycles. The van der Waals surface area contributed by atoms with Gasteiger partial charge >= 0.3 is 0 Å². The Morgan fingerprint density at radius 1 is 1.00 bits per heavy atom. The Morgan fingerprint density at radius 2 is 1.58 bits per heavy atom. The molecule has 4 heteroatoms. The van der Waals surface area contributed by atoms with Crippen molar-refractivity contribution in [3.63, 3.8) is 0 Å². The first-order valence-electron chi connectivity index (χ1n) is 6.90. The molecule has 0 saturated heterocycles. The number of hydrazone groups is 1. The third kappa shape index (κ3) is 3.77. The minimum atomic E-state index is -1.57. The summed E-state index contributed by atoms with van der Waals surface area (Å²) in [6.45, 7) is 6.87. The molecule has 0 unspecified atom stereocenters. The van der Waals surface area contributed by atoms with Gasteiger partial charge in [-0.2, -0.15) is 5.10 Å². The molecule has 1 fully saturated rings. The second-order valence-electron chi connectivity index (χ2n) is 6.02. The smallest absolute Gasteiger partial charge is 0.176 e. The van der Waals surface area contributed by atoms with E-state index in [2.05, 4.69) is 36.4 Å². The number of carbonyl (C=O) groups is 1. The maximum Gasteiger partial charge on any atom is 0.176 e. The van der Waals surface area contributed by atoms with Crippen molar-refractivity contribution in [2.45, 2.75) is 45.3 Å². The van der Waals surface area contributed by atoms with Crippen molar-refractivity contribution in [3.05, 3.63) is 30.3 Å². The van der Waals surface area contributed by atoms with E-state index in [-0.39, 0.29) is 0 Å². The summed E-state index contributed by atoms with van der Waals surface area (Å²) in [7, 11) is -1.57. The zero-order valence-corrected chi connectivity index (χ0v) is 13.0. The molecule has 1 aromatic carbocycles. The van der Waals surface area contributed by atoms with Gasteiger partial charge in [0.15, 0.2) is 8.24 Å². The molecule has 0 N–H and O–H groups in total. The van der Waals surface area contributed by atoms with Gasteiger partial charge in [-0.3, -0.25) is 9.47 Å². The lowest BCUT2D eigenvalue weighted by Crippen LogP contribution is -2.43. The Kier molecular flexibility index (Phi) is 4.19. The van der Waals surface area contributed by atoms with Crippen LogP contribution in [0.4, 0.5) is 5.69 Å². The topological polar surface area (TPSA) is 32.7 Å². The normalized spacial score (nSPS) is 16.4. The van der Waals surface area contributed by atoms with Crippen LogP contribution in [0.5, 0.6) is 0 Å². The molecular formula is C15H22N2OSi. The number of ketones is 1. The third-order valence-corrected chi connectivity index (χ3v) is 4.89. The highest BCUT2D eigenvalue weighted by atomic mass is 28.3. The van der Waals surface area contributed by atoms with Gasteiger partial charge in [-0.05, 0) is 44.6 Å². The van der Waals surface area contributed by atoms with Gasteiger partial charge in [-0.15, -0.1) is 0 Å². The lowest BCUT2D eigenvalue weighted by atomic mass is 9.97. The molecule has 0 amide bonds. The maximum absolute atomic E-state index is 11.3. The molecule has 0 atom stereocenters. The monoisotopic (exact) mass is 274 g/mol.